The maximum atomic E-state index is 11.2. The van der Waals surface area contributed by atoms with Crippen LogP contribution in [-0.2, 0) is 14.6 Å². The SMILES string of the molecule is CC(N)(CCOc1ccc(S(C)(=O)=O)cc1)C(=O)O. The highest BCUT2D eigenvalue weighted by molar-refractivity contribution is 7.90. The summed E-state index contributed by atoms with van der Waals surface area (Å²) in [5.74, 6) is -0.628. The quantitative estimate of drug-likeness (QED) is 0.796. The van der Waals surface area contributed by atoms with Crippen LogP contribution in [0, 0.1) is 0 Å². The third-order valence-corrected chi connectivity index (χ3v) is 3.76. The molecular weight excluding hydrogens is 270 g/mol. The number of carboxylic acids is 1. The second-order valence-corrected chi connectivity index (χ2v) is 6.58. The lowest BCUT2D eigenvalue weighted by molar-refractivity contribution is -0.143. The molecule has 0 heterocycles. The van der Waals surface area contributed by atoms with Crippen LogP contribution in [0.3, 0.4) is 0 Å². The Bertz CT molecular complexity index is 548. The molecule has 0 bridgehead atoms. The topological polar surface area (TPSA) is 107 Å². The second kappa shape index (κ2) is 5.58. The van der Waals surface area contributed by atoms with Gasteiger partial charge in [0.05, 0.1) is 11.5 Å². The van der Waals surface area contributed by atoms with Crippen molar-refractivity contribution in [2.75, 3.05) is 12.9 Å². The van der Waals surface area contributed by atoms with Crippen molar-refractivity contribution < 1.29 is 23.1 Å². The summed E-state index contributed by atoms with van der Waals surface area (Å²) >= 11 is 0. The number of hydrogen-bond acceptors (Lipinski definition) is 5. The Labute approximate surface area is 112 Å². The molecule has 1 aromatic rings. The number of nitrogens with two attached hydrogens (primary N) is 1. The van der Waals surface area contributed by atoms with E-state index >= 15 is 0 Å². The molecule has 6 nitrogen and oxygen atoms in total. The number of hydrogen-bond donors (Lipinski definition) is 2. The molecule has 7 heteroatoms. The van der Waals surface area contributed by atoms with E-state index in [0.29, 0.717) is 5.75 Å². The predicted octanol–water partition coefficient (Wildman–Crippen LogP) is 0.661. The van der Waals surface area contributed by atoms with E-state index in [-0.39, 0.29) is 17.9 Å². The molecular formula is C12H17NO5S. The molecule has 1 aromatic carbocycles. The van der Waals surface area contributed by atoms with Gasteiger partial charge in [0.25, 0.3) is 0 Å². The number of ether oxygens (including phenoxy) is 1. The van der Waals surface area contributed by atoms with Gasteiger partial charge in [0.1, 0.15) is 11.3 Å². The summed E-state index contributed by atoms with van der Waals surface area (Å²) in [6.07, 6.45) is 1.27. The molecule has 0 amide bonds. The highest BCUT2D eigenvalue weighted by Gasteiger charge is 2.27. The van der Waals surface area contributed by atoms with Crippen molar-refractivity contribution in [3.05, 3.63) is 24.3 Å². The number of aliphatic carboxylic acids is 1. The summed E-state index contributed by atoms with van der Waals surface area (Å²) in [5.41, 5.74) is 4.21. The van der Waals surface area contributed by atoms with Gasteiger partial charge < -0.3 is 15.6 Å². The zero-order chi connectivity index (χ0) is 14.7. The van der Waals surface area contributed by atoms with Crippen molar-refractivity contribution in [3.8, 4) is 5.75 Å². The van der Waals surface area contributed by atoms with Crippen LogP contribution < -0.4 is 10.5 Å². The maximum absolute atomic E-state index is 11.2. The van der Waals surface area contributed by atoms with E-state index in [2.05, 4.69) is 0 Å². The molecule has 0 aliphatic rings. The van der Waals surface area contributed by atoms with Gasteiger partial charge in [-0.05, 0) is 31.2 Å². The van der Waals surface area contributed by atoms with Crippen LogP contribution >= 0.6 is 0 Å². The first-order chi connectivity index (χ1) is 8.63. The molecule has 1 unspecified atom stereocenters. The fraction of sp³-hybridized carbons (Fsp3) is 0.417. The van der Waals surface area contributed by atoms with Gasteiger partial charge in [0.2, 0.25) is 0 Å². The second-order valence-electron chi connectivity index (χ2n) is 4.56. The number of carbonyl (C=O) groups is 1. The van der Waals surface area contributed by atoms with Crippen LogP contribution in [0.5, 0.6) is 5.75 Å². The molecule has 0 aliphatic carbocycles. The van der Waals surface area contributed by atoms with E-state index in [4.69, 9.17) is 15.6 Å². The summed E-state index contributed by atoms with van der Waals surface area (Å²) in [6, 6.07) is 5.91. The smallest absolute Gasteiger partial charge is 0.323 e. The molecule has 1 rings (SSSR count). The minimum Gasteiger partial charge on any atom is -0.494 e. The summed E-state index contributed by atoms with van der Waals surface area (Å²) in [6.45, 7) is 1.54. The molecule has 3 N–H and O–H groups in total. The van der Waals surface area contributed by atoms with Crippen molar-refractivity contribution in [2.45, 2.75) is 23.8 Å². The van der Waals surface area contributed by atoms with Crippen molar-refractivity contribution in [1.29, 1.82) is 0 Å². The van der Waals surface area contributed by atoms with E-state index < -0.39 is 21.3 Å². The first kappa shape index (κ1) is 15.5. The van der Waals surface area contributed by atoms with E-state index in [1.165, 1.54) is 31.2 Å². The molecule has 0 saturated heterocycles. The molecule has 106 valence electrons. The number of sulfone groups is 1. The summed E-state index contributed by atoms with van der Waals surface area (Å²) in [7, 11) is -3.23. The standard InChI is InChI=1S/C12H17NO5S/c1-12(13,11(14)15)7-8-18-9-3-5-10(6-4-9)19(2,16)17/h3-6H,7-8,13H2,1-2H3,(H,14,15). The van der Waals surface area contributed by atoms with Gasteiger partial charge in [-0.1, -0.05) is 0 Å². The largest absolute Gasteiger partial charge is 0.494 e. The molecule has 19 heavy (non-hydrogen) atoms. The Morgan fingerprint density at radius 3 is 2.32 bits per heavy atom. The Kier molecular flexibility index (Phi) is 4.54. The zero-order valence-corrected chi connectivity index (χ0v) is 11.6. The number of rotatable bonds is 6. The fourth-order valence-corrected chi connectivity index (χ4v) is 1.90. The van der Waals surface area contributed by atoms with Gasteiger partial charge >= 0.3 is 5.97 Å². The van der Waals surface area contributed by atoms with Gasteiger partial charge in [-0.15, -0.1) is 0 Å². The lowest BCUT2D eigenvalue weighted by Gasteiger charge is -2.18. The molecule has 0 fully saturated rings. The van der Waals surface area contributed by atoms with Crippen LogP contribution in [0.4, 0.5) is 0 Å². The maximum Gasteiger partial charge on any atom is 0.323 e. The number of carboxylic acid groups (broad SMARTS) is 1. The van der Waals surface area contributed by atoms with E-state index in [1.807, 2.05) is 0 Å². The molecule has 0 aromatic heterocycles. The van der Waals surface area contributed by atoms with Gasteiger partial charge in [-0.25, -0.2) is 8.42 Å². The van der Waals surface area contributed by atoms with Crippen molar-refractivity contribution in [3.63, 3.8) is 0 Å². The van der Waals surface area contributed by atoms with Crippen LogP contribution in [0.15, 0.2) is 29.2 Å². The number of benzene rings is 1. The highest BCUT2D eigenvalue weighted by atomic mass is 32.2. The molecule has 0 spiro atoms. The van der Waals surface area contributed by atoms with Crippen LogP contribution in [0.25, 0.3) is 0 Å². The van der Waals surface area contributed by atoms with E-state index in [9.17, 15) is 13.2 Å². The summed E-state index contributed by atoms with van der Waals surface area (Å²) < 4.78 is 27.8. The minimum absolute atomic E-state index is 0.136. The molecule has 0 aliphatic heterocycles. The molecule has 0 saturated carbocycles. The normalized spacial score (nSPS) is 14.7. The molecule has 1 atom stereocenters. The lowest BCUT2D eigenvalue weighted by atomic mass is 10.0. The Balaban J connectivity index is 2.59. The Morgan fingerprint density at radius 2 is 1.89 bits per heavy atom. The first-order valence-electron chi connectivity index (χ1n) is 5.58. The molecule has 0 radical (unpaired) electrons. The van der Waals surface area contributed by atoms with E-state index in [0.717, 1.165) is 6.26 Å². The minimum atomic E-state index is -3.23. The predicted molar refractivity (Wildman–Crippen MR) is 69.9 cm³/mol. The van der Waals surface area contributed by atoms with Crippen molar-refractivity contribution >= 4 is 15.8 Å². The Hall–Kier alpha value is -1.60. The van der Waals surface area contributed by atoms with Crippen molar-refractivity contribution in [2.24, 2.45) is 5.73 Å². The highest BCUT2D eigenvalue weighted by Crippen LogP contribution is 2.16. The Morgan fingerprint density at radius 1 is 1.37 bits per heavy atom. The summed E-state index contributed by atoms with van der Waals surface area (Å²) in [5, 5.41) is 8.82. The van der Waals surface area contributed by atoms with Gasteiger partial charge in [0, 0.05) is 12.7 Å². The van der Waals surface area contributed by atoms with Gasteiger partial charge in [-0.3, -0.25) is 4.79 Å². The monoisotopic (exact) mass is 287 g/mol. The first-order valence-corrected chi connectivity index (χ1v) is 7.47. The van der Waals surface area contributed by atoms with E-state index in [1.54, 1.807) is 0 Å². The summed E-state index contributed by atoms with van der Waals surface area (Å²) in [4.78, 5) is 11.0. The third kappa shape index (κ3) is 4.53. The van der Waals surface area contributed by atoms with Crippen LogP contribution in [0.1, 0.15) is 13.3 Å². The van der Waals surface area contributed by atoms with Gasteiger partial charge in [-0.2, -0.15) is 0 Å². The van der Waals surface area contributed by atoms with Gasteiger partial charge in [0.15, 0.2) is 9.84 Å². The van der Waals surface area contributed by atoms with Crippen LogP contribution in [-0.4, -0.2) is 37.9 Å². The van der Waals surface area contributed by atoms with Crippen LogP contribution in [0.2, 0.25) is 0 Å². The average molecular weight is 287 g/mol. The van der Waals surface area contributed by atoms with Crippen molar-refractivity contribution in [1.82, 2.24) is 0 Å². The lowest BCUT2D eigenvalue weighted by Crippen LogP contribution is -2.45. The fourth-order valence-electron chi connectivity index (χ4n) is 1.27. The zero-order valence-electron chi connectivity index (χ0n) is 10.8. The third-order valence-electron chi connectivity index (χ3n) is 2.63. The average Bonchev–Trinajstić information content (AvgIpc) is 2.28.